The lowest BCUT2D eigenvalue weighted by Gasteiger charge is -2.26. The molecule has 1 aliphatic rings. The molecule has 1 fully saturated rings. The minimum absolute atomic E-state index is 1.04. The second kappa shape index (κ2) is 7.91. The SMILES string of the molecule is C/C(=C/CN1CCNCC1)c1ccc(-c2ccc(Br)cc2)cc1. The molecule has 0 radical (unpaired) electrons. The summed E-state index contributed by atoms with van der Waals surface area (Å²) < 4.78 is 1.12. The van der Waals surface area contributed by atoms with Crippen LogP contribution in [-0.2, 0) is 0 Å². The number of nitrogens with zero attached hydrogens (tertiary/aromatic N) is 1. The predicted octanol–water partition coefficient (Wildman–Crippen LogP) is 4.42. The normalized spacial score (nSPS) is 16.5. The molecule has 0 bridgehead atoms. The third-order valence-electron chi connectivity index (χ3n) is 4.38. The van der Waals surface area contributed by atoms with Crippen LogP contribution in [-0.4, -0.2) is 37.6 Å². The molecule has 1 aliphatic heterocycles. The average molecular weight is 371 g/mol. The number of rotatable bonds is 4. The molecule has 0 amide bonds. The fourth-order valence-electron chi connectivity index (χ4n) is 2.85. The molecule has 3 rings (SSSR count). The summed E-state index contributed by atoms with van der Waals surface area (Å²) in [6.07, 6.45) is 2.35. The van der Waals surface area contributed by atoms with Crippen molar-refractivity contribution in [3.63, 3.8) is 0 Å². The number of allylic oxidation sites excluding steroid dienone is 1. The molecular formula is C20H23BrN2. The number of hydrogen-bond donors (Lipinski definition) is 1. The fourth-order valence-corrected chi connectivity index (χ4v) is 3.11. The van der Waals surface area contributed by atoms with Crippen molar-refractivity contribution >= 4 is 21.5 Å². The third-order valence-corrected chi connectivity index (χ3v) is 4.91. The molecule has 2 aromatic carbocycles. The van der Waals surface area contributed by atoms with E-state index in [1.807, 2.05) is 0 Å². The summed E-state index contributed by atoms with van der Waals surface area (Å²) in [6, 6.07) is 17.3. The standard InChI is InChI=1S/C20H23BrN2/c1-16(10-13-23-14-11-22-12-15-23)17-2-4-18(5-3-17)19-6-8-20(21)9-7-19/h2-10,22H,11-15H2,1H3/b16-10-. The van der Waals surface area contributed by atoms with Gasteiger partial charge in [-0.2, -0.15) is 0 Å². The van der Waals surface area contributed by atoms with E-state index in [0.29, 0.717) is 0 Å². The summed E-state index contributed by atoms with van der Waals surface area (Å²) in [5.74, 6) is 0. The summed E-state index contributed by atoms with van der Waals surface area (Å²) >= 11 is 3.48. The maximum atomic E-state index is 3.48. The van der Waals surface area contributed by atoms with E-state index < -0.39 is 0 Å². The molecule has 1 N–H and O–H groups in total. The van der Waals surface area contributed by atoms with Crippen LogP contribution in [0.2, 0.25) is 0 Å². The van der Waals surface area contributed by atoms with E-state index in [2.05, 4.69) is 87.7 Å². The second-order valence-electron chi connectivity index (χ2n) is 6.02. The van der Waals surface area contributed by atoms with Crippen LogP contribution < -0.4 is 5.32 Å². The van der Waals surface area contributed by atoms with Gasteiger partial charge in [-0.3, -0.25) is 4.90 Å². The summed E-state index contributed by atoms with van der Waals surface area (Å²) in [6.45, 7) is 7.75. The van der Waals surface area contributed by atoms with Crippen LogP contribution in [0.15, 0.2) is 59.1 Å². The molecule has 0 aromatic heterocycles. The zero-order valence-corrected chi connectivity index (χ0v) is 15.1. The van der Waals surface area contributed by atoms with Gasteiger partial charge in [0, 0.05) is 37.2 Å². The number of nitrogens with one attached hydrogen (secondary N) is 1. The zero-order valence-electron chi connectivity index (χ0n) is 13.6. The minimum atomic E-state index is 1.04. The highest BCUT2D eigenvalue weighted by Crippen LogP contribution is 2.24. The summed E-state index contributed by atoms with van der Waals surface area (Å²) in [4.78, 5) is 2.50. The van der Waals surface area contributed by atoms with Gasteiger partial charge in [-0.15, -0.1) is 0 Å². The Labute approximate surface area is 147 Å². The first-order valence-corrected chi connectivity index (χ1v) is 8.98. The van der Waals surface area contributed by atoms with Crippen molar-refractivity contribution in [3.8, 4) is 11.1 Å². The Morgan fingerprint density at radius 3 is 2.17 bits per heavy atom. The van der Waals surface area contributed by atoms with E-state index in [9.17, 15) is 0 Å². The highest BCUT2D eigenvalue weighted by Gasteiger charge is 2.07. The highest BCUT2D eigenvalue weighted by molar-refractivity contribution is 9.10. The third kappa shape index (κ3) is 4.54. The first-order chi connectivity index (χ1) is 11.2. The van der Waals surface area contributed by atoms with Gasteiger partial charge in [0.15, 0.2) is 0 Å². The maximum absolute atomic E-state index is 3.48. The van der Waals surface area contributed by atoms with Crippen LogP contribution in [0.5, 0.6) is 0 Å². The molecule has 1 heterocycles. The molecule has 0 unspecified atom stereocenters. The van der Waals surface area contributed by atoms with Gasteiger partial charge in [0.1, 0.15) is 0 Å². The molecule has 2 nitrogen and oxygen atoms in total. The Bertz CT molecular complexity index is 653. The zero-order chi connectivity index (χ0) is 16.1. The Morgan fingerprint density at radius 1 is 1.00 bits per heavy atom. The van der Waals surface area contributed by atoms with Crippen LogP contribution in [0.25, 0.3) is 16.7 Å². The molecule has 2 aromatic rings. The molecule has 3 heteroatoms. The Morgan fingerprint density at radius 2 is 1.57 bits per heavy atom. The largest absolute Gasteiger partial charge is 0.314 e. The molecule has 0 aliphatic carbocycles. The van der Waals surface area contributed by atoms with Crippen LogP contribution in [0, 0.1) is 0 Å². The van der Waals surface area contributed by atoms with Gasteiger partial charge in [0.2, 0.25) is 0 Å². The van der Waals surface area contributed by atoms with Gasteiger partial charge in [-0.05, 0) is 41.3 Å². The van der Waals surface area contributed by atoms with Gasteiger partial charge in [-0.25, -0.2) is 0 Å². The molecule has 1 saturated heterocycles. The first-order valence-electron chi connectivity index (χ1n) is 8.18. The van der Waals surface area contributed by atoms with Crippen molar-refractivity contribution in [2.75, 3.05) is 32.7 Å². The Balaban J connectivity index is 1.67. The van der Waals surface area contributed by atoms with Crippen molar-refractivity contribution in [2.45, 2.75) is 6.92 Å². The number of benzene rings is 2. The predicted molar refractivity (Wildman–Crippen MR) is 103 cm³/mol. The van der Waals surface area contributed by atoms with Crippen LogP contribution in [0.4, 0.5) is 0 Å². The van der Waals surface area contributed by atoms with Crippen molar-refractivity contribution < 1.29 is 0 Å². The Hall–Kier alpha value is -1.42. The maximum Gasteiger partial charge on any atom is 0.0175 e. The van der Waals surface area contributed by atoms with E-state index in [1.165, 1.54) is 22.3 Å². The fraction of sp³-hybridized carbons (Fsp3) is 0.300. The lowest BCUT2D eigenvalue weighted by molar-refractivity contribution is 0.265. The van der Waals surface area contributed by atoms with Crippen LogP contribution in [0.3, 0.4) is 0 Å². The number of hydrogen-bond acceptors (Lipinski definition) is 2. The summed E-state index contributed by atoms with van der Waals surface area (Å²) in [5.41, 5.74) is 5.17. The van der Waals surface area contributed by atoms with Crippen molar-refractivity contribution in [3.05, 3.63) is 64.6 Å². The van der Waals surface area contributed by atoms with Gasteiger partial charge in [-0.1, -0.05) is 58.4 Å². The van der Waals surface area contributed by atoms with Crippen molar-refractivity contribution in [2.24, 2.45) is 0 Å². The van der Waals surface area contributed by atoms with Crippen LogP contribution in [0.1, 0.15) is 12.5 Å². The second-order valence-corrected chi connectivity index (χ2v) is 6.94. The van der Waals surface area contributed by atoms with Crippen molar-refractivity contribution in [1.82, 2.24) is 10.2 Å². The molecule has 0 saturated carbocycles. The smallest absolute Gasteiger partial charge is 0.0175 e. The molecule has 0 atom stereocenters. The number of halogens is 1. The van der Waals surface area contributed by atoms with Gasteiger partial charge >= 0.3 is 0 Å². The molecule has 23 heavy (non-hydrogen) atoms. The van der Waals surface area contributed by atoms with E-state index in [4.69, 9.17) is 0 Å². The molecule has 120 valence electrons. The molecular weight excluding hydrogens is 348 g/mol. The lowest BCUT2D eigenvalue weighted by Crippen LogP contribution is -2.43. The summed E-state index contributed by atoms with van der Waals surface area (Å²) in [5, 5.41) is 3.39. The summed E-state index contributed by atoms with van der Waals surface area (Å²) in [7, 11) is 0. The monoisotopic (exact) mass is 370 g/mol. The van der Waals surface area contributed by atoms with E-state index >= 15 is 0 Å². The molecule has 0 spiro atoms. The minimum Gasteiger partial charge on any atom is -0.314 e. The first kappa shape index (κ1) is 16.4. The van der Waals surface area contributed by atoms with Crippen LogP contribution >= 0.6 is 15.9 Å². The van der Waals surface area contributed by atoms with Gasteiger partial charge < -0.3 is 5.32 Å². The van der Waals surface area contributed by atoms with E-state index in [0.717, 1.165) is 37.2 Å². The highest BCUT2D eigenvalue weighted by atomic mass is 79.9. The lowest BCUT2D eigenvalue weighted by atomic mass is 10.0. The van der Waals surface area contributed by atoms with E-state index in [1.54, 1.807) is 0 Å². The van der Waals surface area contributed by atoms with Gasteiger partial charge in [0.05, 0.1) is 0 Å². The van der Waals surface area contributed by atoms with Gasteiger partial charge in [0.25, 0.3) is 0 Å². The number of piperazine rings is 1. The quantitative estimate of drug-likeness (QED) is 0.856. The average Bonchev–Trinajstić information content (AvgIpc) is 2.61. The van der Waals surface area contributed by atoms with Crippen molar-refractivity contribution in [1.29, 1.82) is 0 Å². The Kier molecular flexibility index (Phi) is 5.65. The topological polar surface area (TPSA) is 15.3 Å². The van der Waals surface area contributed by atoms with E-state index in [-0.39, 0.29) is 0 Å².